The zero-order valence-corrected chi connectivity index (χ0v) is 16.6. The van der Waals surface area contributed by atoms with Gasteiger partial charge in [-0.05, 0) is 34.7 Å². The second-order valence-corrected chi connectivity index (χ2v) is 17.1. The molecule has 1 aliphatic rings. The van der Waals surface area contributed by atoms with E-state index in [1.54, 1.807) is 0 Å². The maximum absolute atomic E-state index is 4.94. The molecule has 2 unspecified atom stereocenters. The van der Waals surface area contributed by atoms with Crippen molar-refractivity contribution in [2.75, 3.05) is 0 Å². The van der Waals surface area contributed by atoms with Crippen LogP contribution in [0.5, 0.6) is 0 Å². The fourth-order valence-corrected chi connectivity index (χ4v) is 10.1. The lowest BCUT2D eigenvalue weighted by Crippen LogP contribution is -2.28. The molecule has 0 heterocycles. The number of hydrogen-bond acceptors (Lipinski definition) is 0. The molecule has 0 saturated heterocycles. The monoisotopic (exact) mass is 340 g/mol. The Bertz CT molecular complexity index is 641. The van der Waals surface area contributed by atoms with Crippen LogP contribution in [0, 0.1) is 0 Å². The summed E-state index contributed by atoms with van der Waals surface area (Å²) in [4.78, 5) is 0. The molecule has 2 aromatic carbocycles. The van der Waals surface area contributed by atoms with Gasteiger partial charge < -0.3 is 0 Å². The summed E-state index contributed by atoms with van der Waals surface area (Å²) in [7, 11) is -1.06. The predicted octanol–water partition coefficient (Wildman–Crippen LogP) is 5.35. The first-order valence-corrected chi connectivity index (χ1v) is 14.4. The minimum absolute atomic E-state index is 0.754. The normalized spacial score (nSPS) is 22.2. The van der Waals surface area contributed by atoms with Crippen molar-refractivity contribution in [2.24, 2.45) is 0 Å². The van der Waals surface area contributed by atoms with Gasteiger partial charge in [0, 0.05) is 8.07 Å². The Balaban J connectivity index is 2.03. The molecule has 1 fully saturated rings. The van der Waals surface area contributed by atoms with Gasteiger partial charge in [0.25, 0.3) is 0 Å². The van der Waals surface area contributed by atoms with Crippen LogP contribution in [0.1, 0.15) is 19.3 Å². The third-order valence-corrected chi connectivity index (χ3v) is 12.8. The Kier molecular flexibility index (Phi) is 4.72. The van der Waals surface area contributed by atoms with E-state index in [0.717, 1.165) is 11.2 Å². The standard InChI is InChI=1S/C21H29PSi/c1-22(18-11-7-5-8-12-18,19-13-9-6-10-14-19)20-15-16-21(17-20)23(2,3)4/h5-14,20-21H,1,15-17H2,2-4H3. The average molecular weight is 341 g/mol. The molecule has 2 atom stereocenters. The maximum atomic E-state index is 4.94. The van der Waals surface area contributed by atoms with E-state index in [1.807, 2.05) is 0 Å². The molecular weight excluding hydrogens is 311 g/mol. The Hall–Kier alpha value is -1.04. The van der Waals surface area contributed by atoms with Crippen molar-refractivity contribution in [3.05, 3.63) is 60.7 Å². The highest BCUT2D eigenvalue weighted by molar-refractivity contribution is 7.87. The second-order valence-electron chi connectivity index (χ2n) is 8.07. The molecule has 0 amide bonds. The molecule has 0 aliphatic heterocycles. The third-order valence-electron chi connectivity index (χ3n) is 5.69. The maximum Gasteiger partial charge on any atom is 0.0474 e. The molecule has 2 aromatic rings. The molecule has 0 aromatic heterocycles. The van der Waals surface area contributed by atoms with Crippen molar-refractivity contribution < 1.29 is 0 Å². The Morgan fingerprint density at radius 2 is 1.30 bits per heavy atom. The number of rotatable bonds is 4. The van der Waals surface area contributed by atoms with Crippen molar-refractivity contribution in [1.82, 2.24) is 0 Å². The third kappa shape index (κ3) is 3.27. The molecule has 23 heavy (non-hydrogen) atoms. The van der Waals surface area contributed by atoms with Crippen molar-refractivity contribution in [3.8, 4) is 0 Å². The van der Waals surface area contributed by atoms with Gasteiger partial charge in [0.2, 0.25) is 0 Å². The molecule has 0 radical (unpaired) electrons. The van der Waals surface area contributed by atoms with Gasteiger partial charge in [0.05, 0.1) is 0 Å². The SMILES string of the molecule is C=P(c1ccccc1)(c1ccccc1)C1CCC([Si](C)(C)C)C1. The lowest BCUT2D eigenvalue weighted by molar-refractivity contribution is 0.840. The first kappa shape index (κ1) is 16.8. The van der Waals surface area contributed by atoms with Crippen LogP contribution in [0.3, 0.4) is 0 Å². The van der Waals surface area contributed by atoms with Gasteiger partial charge in [-0.2, -0.15) is 0 Å². The van der Waals surface area contributed by atoms with E-state index in [1.165, 1.54) is 29.9 Å². The van der Waals surface area contributed by atoms with Crippen molar-refractivity contribution in [3.63, 3.8) is 0 Å². The van der Waals surface area contributed by atoms with Crippen LogP contribution in [-0.2, 0) is 0 Å². The number of hydrogen-bond donors (Lipinski definition) is 0. The summed E-state index contributed by atoms with van der Waals surface area (Å²) in [5.41, 5.74) is 1.71. The largest absolute Gasteiger partial charge is 0.0924 e. The summed E-state index contributed by atoms with van der Waals surface area (Å²) in [5, 5.41) is 2.96. The van der Waals surface area contributed by atoms with Crippen LogP contribution in [0.15, 0.2) is 60.7 Å². The minimum atomic E-state index is -1.56. The number of benzene rings is 2. The zero-order chi connectivity index (χ0) is 16.5. The Labute approximate surface area is 142 Å². The molecule has 0 N–H and O–H groups in total. The zero-order valence-electron chi connectivity index (χ0n) is 14.7. The molecular formula is C21H29PSi. The van der Waals surface area contributed by atoms with Gasteiger partial charge in [-0.3, -0.25) is 0 Å². The van der Waals surface area contributed by atoms with E-state index in [9.17, 15) is 0 Å². The summed E-state index contributed by atoms with van der Waals surface area (Å²) < 4.78 is 0. The lowest BCUT2D eigenvalue weighted by Gasteiger charge is -2.33. The summed E-state index contributed by atoms with van der Waals surface area (Å²) in [6, 6.07) is 22.2. The van der Waals surface area contributed by atoms with E-state index in [0.29, 0.717) is 0 Å². The molecule has 2 heteroatoms. The van der Waals surface area contributed by atoms with Gasteiger partial charge in [0.1, 0.15) is 0 Å². The summed E-state index contributed by atoms with van der Waals surface area (Å²) >= 11 is 0. The van der Waals surface area contributed by atoms with Crippen molar-refractivity contribution in [1.29, 1.82) is 0 Å². The molecule has 1 aliphatic carbocycles. The Morgan fingerprint density at radius 3 is 1.70 bits per heavy atom. The fraction of sp³-hybridized carbons (Fsp3) is 0.381. The van der Waals surface area contributed by atoms with E-state index < -0.39 is 15.0 Å². The summed E-state index contributed by atoms with van der Waals surface area (Å²) in [6.07, 6.45) is 9.09. The first-order chi connectivity index (χ1) is 10.9. The van der Waals surface area contributed by atoms with Crippen molar-refractivity contribution >= 4 is 31.9 Å². The van der Waals surface area contributed by atoms with Crippen LogP contribution in [0.2, 0.25) is 25.2 Å². The highest BCUT2D eigenvalue weighted by Crippen LogP contribution is 2.57. The van der Waals surface area contributed by atoms with E-state index >= 15 is 0 Å². The molecule has 1 saturated carbocycles. The highest BCUT2D eigenvalue weighted by Gasteiger charge is 2.40. The topological polar surface area (TPSA) is 0 Å². The predicted molar refractivity (Wildman–Crippen MR) is 111 cm³/mol. The summed E-state index contributed by atoms with van der Waals surface area (Å²) in [5.74, 6) is 0. The highest BCUT2D eigenvalue weighted by atomic mass is 31.2. The molecule has 0 bridgehead atoms. The Morgan fingerprint density at radius 1 is 0.826 bits per heavy atom. The van der Waals surface area contributed by atoms with Crippen LogP contribution in [0.25, 0.3) is 0 Å². The van der Waals surface area contributed by atoms with Crippen LogP contribution >= 0.6 is 6.89 Å². The quantitative estimate of drug-likeness (QED) is 0.520. The summed E-state index contributed by atoms with van der Waals surface area (Å²) in [6.45, 7) is 6.05. The second kappa shape index (κ2) is 6.46. The van der Waals surface area contributed by atoms with Crippen molar-refractivity contribution in [2.45, 2.75) is 50.1 Å². The van der Waals surface area contributed by atoms with E-state index in [-0.39, 0.29) is 0 Å². The van der Waals surface area contributed by atoms with Gasteiger partial charge in [-0.1, -0.05) is 99.9 Å². The molecule has 122 valence electrons. The van der Waals surface area contributed by atoms with Crippen LogP contribution in [-0.4, -0.2) is 20.0 Å². The first-order valence-electron chi connectivity index (χ1n) is 8.76. The molecule has 0 nitrogen and oxygen atoms in total. The van der Waals surface area contributed by atoms with E-state index in [2.05, 4.69) is 80.3 Å². The van der Waals surface area contributed by atoms with Gasteiger partial charge in [0.15, 0.2) is 0 Å². The molecule has 0 spiro atoms. The van der Waals surface area contributed by atoms with Gasteiger partial charge in [-0.15, -0.1) is 0 Å². The van der Waals surface area contributed by atoms with Gasteiger partial charge >= 0.3 is 0 Å². The minimum Gasteiger partial charge on any atom is -0.0924 e. The van der Waals surface area contributed by atoms with Crippen LogP contribution < -0.4 is 10.6 Å². The average Bonchev–Trinajstić information content (AvgIpc) is 3.06. The smallest absolute Gasteiger partial charge is 0.0474 e. The fourth-order valence-electron chi connectivity index (χ4n) is 4.10. The van der Waals surface area contributed by atoms with Crippen LogP contribution in [0.4, 0.5) is 0 Å². The van der Waals surface area contributed by atoms with Gasteiger partial charge in [-0.25, -0.2) is 0 Å². The van der Waals surface area contributed by atoms with E-state index in [4.69, 9.17) is 6.30 Å². The lowest BCUT2D eigenvalue weighted by atomic mass is 10.3. The molecule has 3 rings (SSSR count).